The molecule has 5 rings (SSSR count). The summed E-state index contributed by atoms with van der Waals surface area (Å²) < 4.78 is 4.69. The number of para-hydroxylation sites is 1. The Morgan fingerprint density at radius 1 is 0.920 bits per heavy atom. The van der Waals surface area contributed by atoms with E-state index < -0.39 is 0 Å². The van der Waals surface area contributed by atoms with Crippen LogP contribution in [0.1, 0.15) is 16.8 Å². The van der Waals surface area contributed by atoms with E-state index in [0.717, 1.165) is 11.2 Å². The summed E-state index contributed by atoms with van der Waals surface area (Å²) in [7, 11) is 2.15. The van der Waals surface area contributed by atoms with Gasteiger partial charge in [0.05, 0.1) is 18.0 Å². The van der Waals surface area contributed by atoms with Gasteiger partial charge in [-0.15, -0.1) is 0 Å². The molecule has 0 spiro atoms. The summed E-state index contributed by atoms with van der Waals surface area (Å²) in [6.45, 7) is 6.41. The Morgan fingerprint density at radius 2 is 1.72 bits per heavy atom. The highest BCUT2D eigenvalue weighted by molar-refractivity contribution is 6.11. The number of fused-ring (bicyclic) bond motifs is 8. The smallest absolute Gasteiger partial charge is 0.252 e. The number of aromatic nitrogens is 3. The third-order valence-electron chi connectivity index (χ3n) is 5.23. The lowest BCUT2D eigenvalue weighted by atomic mass is 10.1. The van der Waals surface area contributed by atoms with Gasteiger partial charge in [-0.2, -0.15) is 4.40 Å². The summed E-state index contributed by atoms with van der Waals surface area (Å²) in [5.74, 6) is 0. The topological polar surface area (TPSA) is 21.2 Å². The number of nitrogens with zero attached hydrogens (tertiary/aromatic N) is 3. The van der Waals surface area contributed by atoms with Crippen molar-refractivity contribution in [3.05, 3.63) is 65.4 Å². The van der Waals surface area contributed by atoms with E-state index in [1.54, 1.807) is 0 Å². The molecule has 5 aromatic rings. The van der Waals surface area contributed by atoms with Crippen LogP contribution in [0.15, 0.2) is 48.5 Å². The second-order valence-corrected chi connectivity index (χ2v) is 7.03. The largest absolute Gasteiger partial charge is 0.297 e. The van der Waals surface area contributed by atoms with Gasteiger partial charge in [0.15, 0.2) is 11.0 Å². The van der Waals surface area contributed by atoms with Gasteiger partial charge < -0.3 is 0 Å². The molecule has 0 aliphatic rings. The van der Waals surface area contributed by atoms with E-state index in [2.05, 4.69) is 85.3 Å². The maximum absolute atomic E-state index is 4.92. The van der Waals surface area contributed by atoms with Crippen molar-refractivity contribution in [1.82, 2.24) is 9.38 Å². The number of benzene rings is 2. The van der Waals surface area contributed by atoms with E-state index in [-0.39, 0.29) is 0 Å². The van der Waals surface area contributed by atoms with Crippen molar-refractivity contribution >= 4 is 38.5 Å². The molecular weight excluding hydrogens is 306 g/mol. The normalized spacial score (nSPS) is 12.0. The third kappa shape index (κ3) is 1.81. The maximum Gasteiger partial charge on any atom is 0.297 e. The molecule has 0 fully saturated rings. The zero-order chi connectivity index (χ0) is 17.3. The Balaban J connectivity index is 2.26. The molecule has 0 aliphatic heterocycles. The van der Waals surface area contributed by atoms with E-state index in [4.69, 9.17) is 4.98 Å². The first-order valence-corrected chi connectivity index (χ1v) is 8.66. The van der Waals surface area contributed by atoms with Crippen molar-refractivity contribution in [1.29, 1.82) is 0 Å². The van der Waals surface area contributed by atoms with Crippen LogP contribution >= 0.6 is 0 Å². The average Bonchev–Trinajstić information content (AvgIpc) is 2.87. The number of rotatable bonds is 0. The molecule has 3 nitrogen and oxygen atoms in total. The van der Waals surface area contributed by atoms with Crippen LogP contribution in [-0.4, -0.2) is 9.38 Å². The molecule has 0 amide bonds. The molecule has 3 heteroatoms. The van der Waals surface area contributed by atoms with Crippen molar-refractivity contribution < 1.29 is 4.57 Å². The highest BCUT2D eigenvalue weighted by Crippen LogP contribution is 2.32. The lowest BCUT2D eigenvalue weighted by Crippen LogP contribution is -2.27. The summed E-state index contributed by atoms with van der Waals surface area (Å²) in [5.41, 5.74) is 9.60. The second kappa shape index (κ2) is 4.79. The van der Waals surface area contributed by atoms with Gasteiger partial charge in [-0.25, -0.2) is 4.57 Å². The lowest BCUT2D eigenvalue weighted by Gasteiger charge is -2.07. The Hall–Kier alpha value is -2.94. The number of imidazole rings is 1. The first kappa shape index (κ1) is 14.4. The summed E-state index contributed by atoms with van der Waals surface area (Å²) in [6.07, 6.45) is 0. The van der Waals surface area contributed by atoms with Gasteiger partial charge in [0.25, 0.3) is 5.65 Å². The first-order chi connectivity index (χ1) is 12.1. The standard InChI is InChI=1S/C22H20N3/c1-13-9-10-18-19(11-13)25-17-8-6-5-7-16(17)21-20(22(25)24(18)4)14(2)12-15(3)23-21/h5-12H,1-4H3/q+1. The van der Waals surface area contributed by atoms with Crippen molar-refractivity contribution in [2.45, 2.75) is 20.8 Å². The van der Waals surface area contributed by atoms with Gasteiger partial charge in [-0.05, 0) is 62.2 Å². The molecule has 0 bridgehead atoms. The highest BCUT2D eigenvalue weighted by Gasteiger charge is 2.24. The molecule has 25 heavy (non-hydrogen) atoms. The molecule has 0 saturated heterocycles. The van der Waals surface area contributed by atoms with Gasteiger partial charge >= 0.3 is 0 Å². The average molecular weight is 326 g/mol. The van der Waals surface area contributed by atoms with Crippen molar-refractivity contribution in [3.8, 4) is 0 Å². The van der Waals surface area contributed by atoms with Gasteiger partial charge in [-0.3, -0.25) is 4.98 Å². The molecule has 0 saturated carbocycles. The number of aryl methyl sites for hydroxylation is 4. The van der Waals surface area contributed by atoms with Crippen LogP contribution in [0.25, 0.3) is 38.5 Å². The molecule has 0 radical (unpaired) electrons. The number of hydrogen-bond acceptors (Lipinski definition) is 1. The Kier molecular flexibility index (Phi) is 2.76. The molecule has 2 aromatic carbocycles. The first-order valence-electron chi connectivity index (χ1n) is 8.66. The summed E-state index contributed by atoms with van der Waals surface area (Å²) in [4.78, 5) is 4.92. The predicted octanol–water partition coefficient (Wildman–Crippen LogP) is 4.54. The fourth-order valence-electron chi connectivity index (χ4n) is 4.18. The summed E-state index contributed by atoms with van der Waals surface area (Å²) >= 11 is 0. The lowest BCUT2D eigenvalue weighted by molar-refractivity contribution is -0.617. The van der Waals surface area contributed by atoms with Gasteiger partial charge in [-0.1, -0.05) is 18.2 Å². The maximum atomic E-state index is 4.92. The summed E-state index contributed by atoms with van der Waals surface area (Å²) in [5, 5.41) is 2.44. The zero-order valence-electron chi connectivity index (χ0n) is 15.0. The van der Waals surface area contributed by atoms with Crippen molar-refractivity contribution in [2.24, 2.45) is 7.05 Å². The quantitative estimate of drug-likeness (QED) is 0.302. The minimum absolute atomic E-state index is 1.06. The Labute approximate surface area is 146 Å². The Morgan fingerprint density at radius 3 is 2.56 bits per heavy atom. The highest BCUT2D eigenvalue weighted by atomic mass is 15.1. The van der Waals surface area contributed by atoms with E-state index in [1.807, 2.05) is 0 Å². The van der Waals surface area contributed by atoms with Crippen LogP contribution in [0.2, 0.25) is 0 Å². The van der Waals surface area contributed by atoms with E-state index in [1.165, 1.54) is 44.1 Å². The van der Waals surface area contributed by atoms with Crippen LogP contribution in [0.5, 0.6) is 0 Å². The zero-order valence-corrected chi connectivity index (χ0v) is 15.0. The van der Waals surface area contributed by atoms with Crippen LogP contribution < -0.4 is 4.57 Å². The fraction of sp³-hybridized carbons (Fsp3) is 0.182. The molecule has 122 valence electrons. The van der Waals surface area contributed by atoms with Crippen LogP contribution in [0, 0.1) is 20.8 Å². The van der Waals surface area contributed by atoms with Gasteiger partial charge in [0.2, 0.25) is 0 Å². The van der Waals surface area contributed by atoms with E-state index in [9.17, 15) is 0 Å². The SMILES string of the molecule is Cc1ccc2c(c1)n1c3ccccc3c3nc(C)cc(C)c3c1[n+]2C. The molecular formula is C22H20N3+. The molecule has 0 atom stereocenters. The minimum atomic E-state index is 1.06. The summed E-state index contributed by atoms with van der Waals surface area (Å²) in [6, 6.07) is 17.4. The molecule has 0 aliphatic carbocycles. The van der Waals surface area contributed by atoms with Gasteiger partial charge in [0, 0.05) is 11.1 Å². The molecule has 3 heterocycles. The van der Waals surface area contributed by atoms with E-state index in [0.29, 0.717) is 0 Å². The predicted molar refractivity (Wildman–Crippen MR) is 103 cm³/mol. The van der Waals surface area contributed by atoms with E-state index >= 15 is 0 Å². The van der Waals surface area contributed by atoms with Crippen LogP contribution in [0.4, 0.5) is 0 Å². The Bertz CT molecular complexity index is 1330. The molecule has 0 N–H and O–H groups in total. The fourth-order valence-corrected chi connectivity index (χ4v) is 4.18. The third-order valence-corrected chi connectivity index (χ3v) is 5.23. The monoisotopic (exact) mass is 326 g/mol. The molecule has 3 aromatic heterocycles. The number of hydrogen-bond donors (Lipinski definition) is 0. The van der Waals surface area contributed by atoms with Gasteiger partial charge in [0.1, 0.15) is 5.52 Å². The molecule has 0 unspecified atom stereocenters. The van der Waals surface area contributed by atoms with Crippen molar-refractivity contribution in [2.75, 3.05) is 0 Å². The van der Waals surface area contributed by atoms with Crippen molar-refractivity contribution in [3.63, 3.8) is 0 Å². The van der Waals surface area contributed by atoms with Crippen LogP contribution in [-0.2, 0) is 7.05 Å². The minimum Gasteiger partial charge on any atom is -0.252 e. The number of pyridine rings is 2. The van der Waals surface area contributed by atoms with Crippen LogP contribution in [0.3, 0.4) is 0 Å². The second-order valence-electron chi connectivity index (χ2n) is 7.03.